The lowest BCUT2D eigenvalue weighted by atomic mass is 10.1. The van der Waals surface area contributed by atoms with E-state index in [0.29, 0.717) is 5.76 Å². The van der Waals surface area contributed by atoms with E-state index in [1.54, 1.807) is 0 Å². The van der Waals surface area contributed by atoms with Crippen LogP contribution in [0.1, 0.15) is 34.1 Å². The Balaban J connectivity index is 4.36. The molecule has 0 heterocycles. The highest BCUT2D eigenvalue weighted by Gasteiger charge is 1.95. The van der Waals surface area contributed by atoms with Crippen LogP contribution in [-0.4, -0.2) is 5.11 Å². The highest BCUT2D eigenvalue weighted by Crippen LogP contribution is 2.10. The van der Waals surface area contributed by atoms with Crippen molar-refractivity contribution in [1.29, 1.82) is 0 Å². The van der Waals surface area contributed by atoms with Crippen molar-refractivity contribution in [2.75, 3.05) is 0 Å². The standard InChI is InChI=1S/C9H16O/c1-5-6-8(4)9(10)7(2)3/h6,10H,5H2,1-4H3/b8-6-. The minimum atomic E-state index is 0.432. The normalized spacial score (nSPS) is 11.4. The second kappa shape index (κ2) is 4.15. The van der Waals surface area contributed by atoms with Crippen molar-refractivity contribution >= 4 is 0 Å². The van der Waals surface area contributed by atoms with Gasteiger partial charge < -0.3 is 5.11 Å². The van der Waals surface area contributed by atoms with E-state index in [1.807, 2.05) is 26.8 Å². The van der Waals surface area contributed by atoms with Gasteiger partial charge in [0.05, 0.1) is 0 Å². The second-order valence-electron chi connectivity index (χ2n) is 2.64. The van der Waals surface area contributed by atoms with Gasteiger partial charge >= 0.3 is 0 Å². The molecule has 0 aromatic rings. The second-order valence-corrected chi connectivity index (χ2v) is 2.64. The predicted molar refractivity (Wildman–Crippen MR) is 45.1 cm³/mol. The van der Waals surface area contributed by atoms with Gasteiger partial charge in [-0.2, -0.15) is 0 Å². The third-order valence-corrected chi connectivity index (χ3v) is 1.36. The molecule has 0 saturated carbocycles. The van der Waals surface area contributed by atoms with Crippen LogP contribution < -0.4 is 0 Å². The summed E-state index contributed by atoms with van der Waals surface area (Å²) in [6, 6.07) is 0. The average Bonchev–Trinajstić information content (AvgIpc) is 1.87. The Morgan fingerprint density at radius 1 is 1.30 bits per heavy atom. The maximum Gasteiger partial charge on any atom is 0.116 e. The van der Waals surface area contributed by atoms with Crippen molar-refractivity contribution in [3.63, 3.8) is 0 Å². The topological polar surface area (TPSA) is 20.2 Å². The lowest BCUT2D eigenvalue weighted by molar-refractivity contribution is 0.416. The fourth-order valence-electron chi connectivity index (χ4n) is 0.797. The molecule has 58 valence electrons. The van der Waals surface area contributed by atoms with Gasteiger partial charge in [-0.25, -0.2) is 0 Å². The third kappa shape index (κ3) is 2.72. The smallest absolute Gasteiger partial charge is 0.116 e. The summed E-state index contributed by atoms with van der Waals surface area (Å²) in [5.41, 5.74) is 1.95. The minimum absolute atomic E-state index is 0.432. The molecule has 0 rings (SSSR count). The molecule has 1 nitrogen and oxygen atoms in total. The molecule has 0 aromatic heterocycles. The Hall–Kier alpha value is -0.720. The monoisotopic (exact) mass is 140 g/mol. The van der Waals surface area contributed by atoms with E-state index in [4.69, 9.17) is 0 Å². The van der Waals surface area contributed by atoms with E-state index < -0.39 is 0 Å². The summed E-state index contributed by atoms with van der Waals surface area (Å²) in [4.78, 5) is 0. The van der Waals surface area contributed by atoms with E-state index in [-0.39, 0.29) is 0 Å². The molecular formula is C9H16O. The number of aliphatic hydroxyl groups is 1. The summed E-state index contributed by atoms with van der Waals surface area (Å²) in [7, 11) is 0. The van der Waals surface area contributed by atoms with Gasteiger partial charge in [0.2, 0.25) is 0 Å². The maximum atomic E-state index is 9.34. The molecule has 0 aliphatic carbocycles. The van der Waals surface area contributed by atoms with Gasteiger partial charge in [0.1, 0.15) is 5.76 Å². The minimum Gasteiger partial charge on any atom is -0.508 e. The van der Waals surface area contributed by atoms with Crippen molar-refractivity contribution < 1.29 is 5.11 Å². The largest absolute Gasteiger partial charge is 0.508 e. The molecule has 0 saturated heterocycles. The van der Waals surface area contributed by atoms with Crippen LogP contribution >= 0.6 is 0 Å². The first kappa shape index (κ1) is 9.28. The Kier molecular flexibility index (Phi) is 3.85. The van der Waals surface area contributed by atoms with Crippen LogP contribution in [-0.2, 0) is 0 Å². The quantitative estimate of drug-likeness (QED) is 0.461. The zero-order valence-corrected chi connectivity index (χ0v) is 7.23. The summed E-state index contributed by atoms with van der Waals surface area (Å²) >= 11 is 0. The van der Waals surface area contributed by atoms with Crippen LogP contribution in [0.4, 0.5) is 0 Å². The molecule has 0 amide bonds. The van der Waals surface area contributed by atoms with Crippen molar-refractivity contribution in [3.05, 3.63) is 23.0 Å². The zero-order chi connectivity index (χ0) is 8.15. The maximum absolute atomic E-state index is 9.34. The van der Waals surface area contributed by atoms with Gasteiger partial charge in [-0.1, -0.05) is 13.0 Å². The molecule has 1 heteroatoms. The van der Waals surface area contributed by atoms with Crippen LogP contribution in [0.5, 0.6) is 0 Å². The van der Waals surface area contributed by atoms with Gasteiger partial charge in [-0.05, 0) is 38.3 Å². The lowest BCUT2D eigenvalue weighted by Crippen LogP contribution is -1.85. The predicted octanol–water partition coefficient (Wildman–Crippen LogP) is 3.19. The van der Waals surface area contributed by atoms with Crippen LogP contribution in [0.3, 0.4) is 0 Å². The molecule has 10 heavy (non-hydrogen) atoms. The fourth-order valence-corrected chi connectivity index (χ4v) is 0.797. The number of allylic oxidation sites excluding steroid dienone is 3. The Morgan fingerprint density at radius 3 is 2.10 bits per heavy atom. The van der Waals surface area contributed by atoms with E-state index in [9.17, 15) is 5.11 Å². The number of rotatable bonds is 2. The number of hydrogen-bond donors (Lipinski definition) is 1. The molecule has 0 fully saturated rings. The van der Waals surface area contributed by atoms with Crippen molar-refractivity contribution in [2.24, 2.45) is 0 Å². The first-order valence-electron chi connectivity index (χ1n) is 3.63. The van der Waals surface area contributed by atoms with Crippen LogP contribution in [0.15, 0.2) is 23.0 Å². The van der Waals surface area contributed by atoms with E-state index >= 15 is 0 Å². The van der Waals surface area contributed by atoms with Gasteiger partial charge in [-0.15, -0.1) is 0 Å². The highest BCUT2D eigenvalue weighted by atomic mass is 16.3. The number of hydrogen-bond acceptors (Lipinski definition) is 1. The zero-order valence-electron chi connectivity index (χ0n) is 7.23. The Bertz CT molecular complexity index is 160. The Morgan fingerprint density at radius 2 is 1.80 bits per heavy atom. The SMILES string of the molecule is CC/C=C(/C)C(O)=C(C)C. The lowest BCUT2D eigenvalue weighted by Gasteiger charge is -2.00. The molecule has 0 radical (unpaired) electrons. The molecule has 0 spiro atoms. The van der Waals surface area contributed by atoms with Crippen LogP contribution in [0.2, 0.25) is 0 Å². The van der Waals surface area contributed by atoms with Gasteiger partial charge in [0.25, 0.3) is 0 Å². The van der Waals surface area contributed by atoms with E-state index in [2.05, 4.69) is 6.92 Å². The van der Waals surface area contributed by atoms with E-state index in [1.165, 1.54) is 0 Å². The van der Waals surface area contributed by atoms with Gasteiger partial charge in [-0.3, -0.25) is 0 Å². The molecule has 0 bridgehead atoms. The van der Waals surface area contributed by atoms with Crippen molar-refractivity contribution in [3.8, 4) is 0 Å². The highest BCUT2D eigenvalue weighted by molar-refractivity contribution is 5.25. The van der Waals surface area contributed by atoms with Crippen LogP contribution in [0, 0.1) is 0 Å². The van der Waals surface area contributed by atoms with Crippen LogP contribution in [0.25, 0.3) is 0 Å². The molecule has 0 atom stereocenters. The summed E-state index contributed by atoms with van der Waals surface area (Å²) in [5, 5.41) is 9.34. The molecular weight excluding hydrogens is 124 g/mol. The molecule has 0 aromatic carbocycles. The first-order valence-corrected chi connectivity index (χ1v) is 3.63. The third-order valence-electron chi connectivity index (χ3n) is 1.36. The molecule has 1 N–H and O–H groups in total. The summed E-state index contributed by atoms with van der Waals surface area (Å²) in [5.74, 6) is 0.432. The van der Waals surface area contributed by atoms with Crippen molar-refractivity contribution in [1.82, 2.24) is 0 Å². The first-order chi connectivity index (χ1) is 4.59. The van der Waals surface area contributed by atoms with Crippen molar-refractivity contribution in [2.45, 2.75) is 34.1 Å². The molecule has 0 unspecified atom stereocenters. The fraction of sp³-hybridized carbons (Fsp3) is 0.556. The average molecular weight is 140 g/mol. The summed E-state index contributed by atoms with van der Waals surface area (Å²) in [6.07, 6.45) is 2.99. The molecule has 0 aliphatic heterocycles. The molecule has 0 aliphatic rings. The summed E-state index contributed by atoms with van der Waals surface area (Å²) < 4.78 is 0. The summed E-state index contributed by atoms with van der Waals surface area (Å²) in [6.45, 7) is 7.79. The van der Waals surface area contributed by atoms with Gasteiger partial charge in [0, 0.05) is 0 Å². The Labute approximate surface area is 63.1 Å². The van der Waals surface area contributed by atoms with Gasteiger partial charge in [0.15, 0.2) is 0 Å². The van der Waals surface area contributed by atoms with E-state index in [0.717, 1.165) is 17.6 Å². The number of aliphatic hydroxyl groups excluding tert-OH is 1.